The van der Waals surface area contributed by atoms with Crippen molar-refractivity contribution in [2.24, 2.45) is 0 Å². The van der Waals surface area contributed by atoms with Gasteiger partial charge in [-0.15, -0.1) is 0 Å². The minimum atomic E-state index is -1.65. The molecule has 0 unspecified atom stereocenters. The molecule has 0 saturated heterocycles. The van der Waals surface area contributed by atoms with Gasteiger partial charge in [-0.1, -0.05) is 42.0 Å². The molecule has 0 bridgehead atoms. The molecule has 0 radical (unpaired) electrons. The highest BCUT2D eigenvalue weighted by atomic mass is 28.4. The van der Waals surface area contributed by atoms with Crippen molar-refractivity contribution >= 4 is 29.9 Å². The smallest absolute Gasteiger partial charge is 0.242 e. The maximum atomic E-state index is 6.42. The third-order valence-corrected chi connectivity index (χ3v) is 4.19. The van der Waals surface area contributed by atoms with Crippen LogP contribution in [0.3, 0.4) is 0 Å². The Balaban J connectivity index is 2.41. The number of aryl methyl sites for hydroxylation is 1. The fourth-order valence-electron chi connectivity index (χ4n) is 2.55. The fourth-order valence-corrected chi connectivity index (χ4v) is 3.38. The van der Waals surface area contributed by atoms with E-state index in [-0.39, 0.29) is 0 Å². The molecule has 0 N–H and O–H groups in total. The zero-order valence-corrected chi connectivity index (χ0v) is 13.5. The van der Waals surface area contributed by atoms with Crippen molar-refractivity contribution < 1.29 is 4.43 Å². The zero-order chi connectivity index (χ0) is 14.3. The highest BCUT2D eigenvalue weighted by Crippen LogP contribution is 2.36. The molecule has 20 heavy (non-hydrogen) atoms. The van der Waals surface area contributed by atoms with Gasteiger partial charge in [0.1, 0.15) is 5.75 Å². The lowest BCUT2D eigenvalue weighted by atomic mass is 10.0. The fraction of sp³-hybridized carbons (Fsp3) is 0.222. The van der Waals surface area contributed by atoms with Crippen LogP contribution >= 0.6 is 0 Å². The van der Waals surface area contributed by atoms with Gasteiger partial charge < -0.3 is 4.43 Å². The van der Waals surface area contributed by atoms with Crippen LogP contribution in [-0.4, -0.2) is 8.32 Å². The predicted octanol–water partition coefficient (Wildman–Crippen LogP) is 5.52. The Morgan fingerprint density at radius 3 is 2.25 bits per heavy atom. The molecule has 0 aliphatic carbocycles. The van der Waals surface area contributed by atoms with Crippen LogP contribution in [-0.2, 0) is 0 Å². The second-order valence-corrected chi connectivity index (χ2v) is 10.8. The number of hydrogen-bond acceptors (Lipinski definition) is 1. The third-order valence-electron chi connectivity index (χ3n) is 3.38. The van der Waals surface area contributed by atoms with Crippen LogP contribution in [0.15, 0.2) is 48.5 Å². The van der Waals surface area contributed by atoms with Crippen molar-refractivity contribution in [2.45, 2.75) is 26.6 Å². The molecule has 0 aliphatic heterocycles. The summed E-state index contributed by atoms with van der Waals surface area (Å²) in [6, 6.07) is 17.3. The van der Waals surface area contributed by atoms with Gasteiger partial charge in [-0.25, -0.2) is 0 Å². The third kappa shape index (κ3) is 2.43. The minimum Gasteiger partial charge on any atom is -0.543 e. The highest BCUT2D eigenvalue weighted by molar-refractivity contribution is 6.70. The van der Waals surface area contributed by atoms with Gasteiger partial charge in [-0.05, 0) is 49.5 Å². The van der Waals surface area contributed by atoms with Gasteiger partial charge in [0.05, 0.1) is 0 Å². The first-order chi connectivity index (χ1) is 9.44. The van der Waals surface area contributed by atoms with Crippen molar-refractivity contribution in [3.05, 3.63) is 54.1 Å². The molecule has 0 aromatic heterocycles. The van der Waals surface area contributed by atoms with Gasteiger partial charge in [0.2, 0.25) is 8.32 Å². The van der Waals surface area contributed by atoms with Crippen LogP contribution in [0.25, 0.3) is 21.5 Å². The molecular formula is C18H20OSi. The van der Waals surface area contributed by atoms with Gasteiger partial charge in [0.25, 0.3) is 0 Å². The number of benzene rings is 3. The number of hydrogen-bond donors (Lipinski definition) is 0. The summed E-state index contributed by atoms with van der Waals surface area (Å²) in [5, 5.41) is 4.94. The Labute approximate surface area is 121 Å². The summed E-state index contributed by atoms with van der Waals surface area (Å²) in [5.41, 5.74) is 1.27. The Morgan fingerprint density at radius 2 is 1.50 bits per heavy atom. The van der Waals surface area contributed by atoms with Gasteiger partial charge in [-0.3, -0.25) is 0 Å². The molecule has 0 amide bonds. The Kier molecular flexibility index (Phi) is 3.06. The van der Waals surface area contributed by atoms with E-state index in [0.717, 1.165) is 5.75 Å². The predicted molar refractivity (Wildman–Crippen MR) is 90.2 cm³/mol. The van der Waals surface area contributed by atoms with E-state index in [1.54, 1.807) is 0 Å². The van der Waals surface area contributed by atoms with E-state index in [2.05, 4.69) is 75.1 Å². The Bertz CT molecular complexity index is 784. The maximum Gasteiger partial charge on any atom is 0.242 e. The minimum absolute atomic E-state index is 1.06. The number of fused-ring (bicyclic) bond motifs is 2. The summed E-state index contributed by atoms with van der Waals surface area (Å²) >= 11 is 0. The first-order valence-electron chi connectivity index (χ1n) is 7.05. The molecule has 0 aliphatic rings. The summed E-state index contributed by atoms with van der Waals surface area (Å²) in [4.78, 5) is 0. The first-order valence-corrected chi connectivity index (χ1v) is 10.5. The molecule has 0 atom stereocenters. The van der Waals surface area contributed by atoms with E-state index >= 15 is 0 Å². The molecule has 0 spiro atoms. The monoisotopic (exact) mass is 280 g/mol. The lowest BCUT2D eigenvalue weighted by Gasteiger charge is -2.22. The molecule has 3 rings (SSSR count). The summed E-state index contributed by atoms with van der Waals surface area (Å²) in [6.45, 7) is 8.83. The van der Waals surface area contributed by atoms with E-state index in [1.165, 1.54) is 27.1 Å². The Hall–Kier alpha value is -1.80. The van der Waals surface area contributed by atoms with Gasteiger partial charge in [0.15, 0.2) is 0 Å². The van der Waals surface area contributed by atoms with Gasteiger partial charge >= 0.3 is 0 Å². The van der Waals surface area contributed by atoms with E-state index in [0.29, 0.717) is 0 Å². The van der Waals surface area contributed by atoms with Crippen molar-refractivity contribution in [1.82, 2.24) is 0 Å². The molecule has 0 saturated carbocycles. The van der Waals surface area contributed by atoms with Crippen molar-refractivity contribution in [2.75, 3.05) is 0 Å². The van der Waals surface area contributed by atoms with E-state index in [4.69, 9.17) is 4.43 Å². The zero-order valence-electron chi connectivity index (χ0n) is 12.5. The van der Waals surface area contributed by atoms with E-state index in [9.17, 15) is 0 Å². The average Bonchev–Trinajstić information content (AvgIpc) is 2.38. The SMILES string of the molecule is Cc1ccc2cc3ccccc3c(O[Si](C)(C)C)c2c1. The van der Waals surface area contributed by atoms with E-state index < -0.39 is 8.32 Å². The standard InChI is InChI=1S/C18H20OSi/c1-13-9-10-15-12-14-7-5-6-8-16(14)18(17(15)11-13)19-20(2,3)4/h5-12H,1-4H3. The lowest BCUT2D eigenvalue weighted by molar-refractivity contribution is 0.570. The molecule has 2 heteroatoms. The highest BCUT2D eigenvalue weighted by Gasteiger charge is 2.19. The van der Waals surface area contributed by atoms with Crippen molar-refractivity contribution in [1.29, 1.82) is 0 Å². The van der Waals surface area contributed by atoms with Crippen LogP contribution < -0.4 is 4.43 Å². The van der Waals surface area contributed by atoms with Gasteiger partial charge in [0, 0.05) is 10.8 Å². The quantitative estimate of drug-likeness (QED) is 0.444. The summed E-state index contributed by atoms with van der Waals surface area (Å²) in [6.07, 6.45) is 0. The molecule has 102 valence electrons. The van der Waals surface area contributed by atoms with Crippen LogP contribution in [0, 0.1) is 6.92 Å². The lowest BCUT2D eigenvalue weighted by Crippen LogP contribution is -2.29. The molecule has 3 aromatic rings. The second kappa shape index (κ2) is 4.64. The average molecular weight is 280 g/mol. The van der Waals surface area contributed by atoms with Crippen LogP contribution in [0.4, 0.5) is 0 Å². The largest absolute Gasteiger partial charge is 0.543 e. The summed E-state index contributed by atoms with van der Waals surface area (Å²) in [7, 11) is -1.65. The van der Waals surface area contributed by atoms with Crippen LogP contribution in [0.2, 0.25) is 19.6 Å². The van der Waals surface area contributed by atoms with Crippen molar-refractivity contribution in [3.8, 4) is 5.75 Å². The first kappa shape index (κ1) is 13.2. The van der Waals surface area contributed by atoms with Gasteiger partial charge in [-0.2, -0.15) is 0 Å². The summed E-state index contributed by atoms with van der Waals surface area (Å²) in [5.74, 6) is 1.06. The van der Waals surface area contributed by atoms with E-state index in [1.807, 2.05) is 0 Å². The van der Waals surface area contributed by atoms with Crippen LogP contribution in [0.5, 0.6) is 5.75 Å². The molecule has 3 aromatic carbocycles. The normalized spacial score (nSPS) is 12.0. The second-order valence-electron chi connectivity index (χ2n) is 6.37. The summed E-state index contributed by atoms with van der Waals surface area (Å²) < 4.78 is 6.42. The molecule has 0 fully saturated rings. The van der Waals surface area contributed by atoms with Crippen LogP contribution in [0.1, 0.15) is 5.56 Å². The molecule has 1 nitrogen and oxygen atoms in total. The number of rotatable bonds is 2. The Morgan fingerprint density at radius 1 is 0.800 bits per heavy atom. The molecular weight excluding hydrogens is 260 g/mol. The van der Waals surface area contributed by atoms with Crippen molar-refractivity contribution in [3.63, 3.8) is 0 Å². The maximum absolute atomic E-state index is 6.42. The topological polar surface area (TPSA) is 9.23 Å². The molecule has 0 heterocycles.